The van der Waals surface area contributed by atoms with Crippen molar-refractivity contribution in [1.82, 2.24) is 4.90 Å². The maximum atomic E-state index is 6.15. The van der Waals surface area contributed by atoms with E-state index in [2.05, 4.69) is 18.9 Å². The van der Waals surface area contributed by atoms with Gasteiger partial charge in [-0.1, -0.05) is 32.6 Å². The van der Waals surface area contributed by atoms with Crippen LogP contribution in [0.25, 0.3) is 0 Å². The highest BCUT2D eigenvalue weighted by Crippen LogP contribution is 2.38. The number of rotatable bonds is 5. The molecule has 0 aromatic rings. The summed E-state index contributed by atoms with van der Waals surface area (Å²) >= 11 is 0. The lowest BCUT2D eigenvalue weighted by Crippen LogP contribution is -2.56. The summed E-state index contributed by atoms with van der Waals surface area (Å²) in [7, 11) is 2.32. The van der Waals surface area contributed by atoms with Gasteiger partial charge in [0.1, 0.15) is 0 Å². The van der Waals surface area contributed by atoms with Crippen LogP contribution in [-0.2, 0) is 0 Å². The summed E-state index contributed by atoms with van der Waals surface area (Å²) < 4.78 is 0. The fourth-order valence-electron chi connectivity index (χ4n) is 3.75. The van der Waals surface area contributed by atoms with E-state index in [0.29, 0.717) is 5.54 Å². The number of hydrogen-bond donors (Lipinski definition) is 1. The predicted octanol–water partition coefficient (Wildman–Crippen LogP) is 3.02. The highest BCUT2D eigenvalue weighted by molar-refractivity contribution is 4.96. The second-order valence-corrected chi connectivity index (χ2v) is 6.48. The average Bonchev–Trinajstić information content (AvgIpc) is 2.33. The maximum Gasteiger partial charge on any atom is 0.0331 e. The predicted molar refractivity (Wildman–Crippen MR) is 74.0 cm³/mol. The summed E-state index contributed by atoms with van der Waals surface area (Å²) in [6, 6.07) is 0. The molecule has 2 rings (SSSR count). The lowest BCUT2D eigenvalue weighted by molar-refractivity contribution is 0.0334. The van der Waals surface area contributed by atoms with Crippen LogP contribution in [0.5, 0.6) is 0 Å². The van der Waals surface area contributed by atoms with Gasteiger partial charge in [0.25, 0.3) is 0 Å². The van der Waals surface area contributed by atoms with Crippen molar-refractivity contribution in [1.29, 1.82) is 0 Å². The summed E-state index contributed by atoms with van der Waals surface area (Å²) in [5.74, 6) is 1.88. The Kier molecular flexibility index (Phi) is 4.48. The lowest BCUT2D eigenvalue weighted by Gasteiger charge is -2.48. The zero-order valence-corrected chi connectivity index (χ0v) is 11.8. The molecule has 0 aromatic heterocycles. The van der Waals surface area contributed by atoms with Gasteiger partial charge in [0, 0.05) is 18.6 Å². The molecule has 2 saturated carbocycles. The molecule has 17 heavy (non-hydrogen) atoms. The molecule has 100 valence electrons. The van der Waals surface area contributed by atoms with Gasteiger partial charge in [-0.25, -0.2) is 0 Å². The van der Waals surface area contributed by atoms with Crippen LogP contribution in [0.1, 0.15) is 58.3 Å². The quantitative estimate of drug-likeness (QED) is 0.798. The van der Waals surface area contributed by atoms with E-state index in [1.807, 2.05) is 0 Å². The largest absolute Gasteiger partial charge is 0.329 e. The second-order valence-electron chi connectivity index (χ2n) is 6.48. The van der Waals surface area contributed by atoms with Gasteiger partial charge in [-0.05, 0) is 44.6 Å². The van der Waals surface area contributed by atoms with Gasteiger partial charge in [-0.2, -0.15) is 0 Å². The first kappa shape index (κ1) is 13.4. The second kappa shape index (κ2) is 5.71. The Bertz CT molecular complexity index is 237. The third-order valence-corrected chi connectivity index (χ3v) is 5.45. The Morgan fingerprint density at radius 1 is 1.18 bits per heavy atom. The minimum absolute atomic E-state index is 0.328. The van der Waals surface area contributed by atoms with Crippen molar-refractivity contribution in [3.05, 3.63) is 0 Å². The van der Waals surface area contributed by atoms with Gasteiger partial charge in [-0.15, -0.1) is 0 Å². The van der Waals surface area contributed by atoms with Crippen LogP contribution in [0.15, 0.2) is 0 Å². The molecule has 0 radical (unpaired) electrons. The highest BCUT2D eigenvalue weighted by Gasteiger charge is 2.39. The van der Waals surface area contributed by atoms with Gasteiger partial charge in [0.2, 0.25) is 0 Å². The first-order valence-corrected chi connectivity index (χ1v) is 7.61. The molecule has 2 unspecified atom stereocenters. The fourth-order valence-corrected chi connectivity index (χ4v) is 3.75. The number of likely N-dealkylation sites (N-methyl/N-ethyl adjacent to an activating group) is 1. The summed E-state index contributed by atoms with van der Waals surface area (Å²) in [4.78, 5) is 2.62. The van der Waals surface area contributed by atoms with Gasteiger partial charge in [0.05, 0.1) is 0 Å². The molecule has 2 aliphatic rings. The van der Waals surface area contributed by atoms with Crippen LogP contribution in [0.2, 0.25) is 0 Å². The maximum absolute atomic E-state index is 6.15. The van der Waals surface area contributed by atoms with E-state index in [-0.39, 0.29) is 0 Å². The van der Waals surface area contributed by atoms with E-state index in [4.69, 9.17) is 5.73 Å². The van der Waals surface area contributed by atoms with Crippen LogP contribution < -0.4 is 5.73 Å². The molecular formula is C15H30N2. The van der Waals surface area contributed by atoms with Gasteiger partial charge >= 0.3 is 0 Å². The summed E-state index contributed by atoms with van der Waals surface area (Å²) in [5, 5.41) is 0. The van der Waals surface area contributed by atoms with Crippen molar-refractivity contribution >= 4 is 0 Å². The van der Waals surface area contributed by atoms with Crippen molar-refractivity contribution in [2.24, 2.45) is 17.6 Å². The monoisotopic (exact) mass is 238 g/mol. The smallest absolute Gasteiger partial charge is 0.0331 e. The fraction of sp³-hybridized carbons (Fsp3) is 1.00. The summed E-state index contributed by atoms with van der Waals surface area (Å²) in [6.45, 7) is 4.48. The van der Waals surface area contributed by atoms with E-state index < -0.39 is 0 Å². The molecule has 2 aliphatic carbocycles. The van der Waals surface area contributed by atoms with E-state index in [1.54, 1.807) is 0 Å². The third kappa shape index (κ3) is 2.85. The van der Waals surface area contributed by atoms with E-state index in [0.717, 1.165) is 18.4 Å². The van der Waals surface area contributed by atoms with Crippen LogP contribution >= 0.6 is 0 Å². The SMILES string of the molecule is CCC1CCCC(CN)(N(C)CC2CCC2)C1. The van der Waals surface area contributed by atoms with Gasteiger partial charge < -0.3 is 5.73 Å². The zero-order valence-electron chi connectivity index (χ0n) is 11.8. The molecule has 0 heterocycles. The molecule has 0 aromatic carbocycles. The molecule has 2 nitrogen and oxygen atoms in total. The van der Waals surface area contributed by atoms with Crippen molar-refractivity contribution in [3.8, 4) is 0 Å². The van der Waals surface area contributed by atoms with Crippen molar-refractivity contribution in [2.75, 3.05) is 20.1 Å². The average molecular weight is 238 g/mol. The summed E-state index contributed by atoms with van der Waals surface area (Å²) in [5.41, 5.74) is 6.48. The van der Waals surface area contributed by atoms with Crippen LogP contribution in [0.3, 0.4) is 0 Å². The first-order valence-electron chi connectivity index (χ1n) is 7.61. The van der Waals surface area contributed by atoms with Crippen LogP contribution in [0, 0.1) is 11.8 Å². The molecule has 2 heteroatoms. The van der Waals surface area contributed by atoms with E-state index in [9.17, 15) is 0 Å². The zero-order chi connectivity index (χ0) is 12.3. The van der Waals surface area contributed by atoms with E-state index >= 15 is 0 Å². The van der Waals surface area contributed by atoms with Crippen LogP contribution in [0.4, 0.5) is 0 Å². The van der Waals surface area contributed by atoms with Gasteiger partial charge in [0.15, 0.2) is 0 Å². The van der Waals surface area contributed by atoms with Crippen molar-refractivity contribution < 1.29 is 0 Å². The molecule has 0 bridgehead atoms. The lowest BCUT2D eigenvalue weighted by atomic mass is 9.73. The number of hydrogen-bond acceptors (Lipinski definition) is 2. The van der Waals surface area contributed by atoms with Crippen molar-refractivity contribution in [3.63, 3.8) is 0 Å². The Hall–Kier alpha value is -0.0800. The molecular weight excluding hydrogens is 208 g/mol. The number of nitrogens with zero attached hydrogens (tertiary/aromatic N) is 1. The van der Waals surface area contributed by atoms with Crippen LogP contribution in [-0.4, -0.2) is 30.6 Å². The third-order valence-electron chi connectivity index (χ3n) is 5.45. The van der Waals surface area contributed by atoms with E-state index in [1.165, 1.54) is 57.9 Å². The first-order chi connectivity index (χ1) is 8.20. The Morgan fingerprint density at radius 2 is 1.88 bits per heavy atom. The molecule has 2 N–H and O–H groups in total. The Labute approximate surface area is 107 Å². The normalized spacial score (nSPS) is 34.9. The minimum Gasteiger partial charge on any atom is -0.329 e. The minimum atomic E-state index is 0.328. The highest BCUT2D eigenvalue weighted by atomic mass is 15.2. The van der Waals surface area contributed by atoms with Gasteiger partial charge in [-0.3, -0.25) is 4.90 Å². The number of nitrogens with two attached hydrogens (primary N) is 1. The van der Waals surface area contributed by atoms with Crippen molar-refractivity contribution in [2.45, 2.75) is 63.8 Å². The Morgan fingerprint density at radius 3 is 2.41 bits per heavy atom. The Balaban J connectivity index is 1.95. The topological polar surface area (TPSA) is 29.3 Å². The standard InChI is InChI=1S/C15H30N2/c1-3-13-8-5-9-15(10-13,12-16)17(2)11-14-6-4-7-14/h13-14H,3-12,16H2,1-2H3. The molecule has 0 aliphatic heterocycles. The summed E-state index contributed by atoms with van der Waals surface area (Å²) in [6.07, 6.45) is 11.1. The molecule has 0 saturated heterocycles. The molecule has 2 atom stereocenters. The molecule has 0 spiro atoms. The molecule has 0 amide bonds. The molecule has 2 fully saturated rings.